The smallest absolute Gasteiger partial charge is 0.223 e. The number of H-pyrrole nitrogens is 1. The summed E-state index contributed by atoms with van der Waals surface area (Å²) in [4.78, 5) is 15.9. The fourth-order valence-electron chi connectivity index (χ4n) is 4.22. The van der Waals surface area contributed by atoms with Gasteiger partial charge in [0.05, 0.1) is 13.2 Å². The molecule has 0 atom stereocenters. The highest BCUT2D eigenvalue weighted by Gasteiger charge is 2.41. The molecule has 5 heteroatoms. The lowest BCUT2D eigenvalue weighted by Crippen LogP contribution is -2.40. The number of para-hydroxylation sites is 1. The Balaban J connectivity index is 1.30. The van der Waals surface area contributed by atoms with E-state index in [0.717, 1.165) is 37.6 Å². The summed E-state index contributed by atoms with van der Waals surface area (Å²) >= 11 is 0. The van der Waals surface area contributed by atoms with Crippen molar-refractivity contribution in [1.82, 2.24) is 10.3 Å². The summed E-state index contributed by atoms with van der Waals surface area (Å²) in [5.41, 5.74) is 3.65. The van der Waals surface area contributed by atoms with E-state index in [1.54, 1.807) is 0 Å². The molecule has 25 heavy (non-hydrogen) atoms. The van der Waals surface area contributed by atoms with Crippen molar-refractivity contribution in [3.63, 3.8) is 0 Å². The minimum Gasteiger partial charge on any atom is -0.358 e. The van der Waals surface area contributed by atoms with Gasteiger partial charge in [0.15, 0.2) is 5.79 Å². The monoisotopic (exact) mass is 342 g/mol. The molecule has 1 aromatic heterocycles. The minimum atomic E-state index is -0.391. The lowest BCUT2D eigenvalue weighted by molar-refractivity contribution is -0.183. The number of carbonyl (C=O) groups excluding carboxylic acids is 1. The molecule has 1 aromatic carbocycles. The van der Waals surface area contributed by atoms with Gasteiger partial charge in [0.2, 0.25) is 5.91 Å². The molecule has 1 amide bonds. The average molecular weight is 342 g/mol. The van der Waals surface area contributed by atoms with Crippen molar-refractivity contribution in [2.45, 2.75) is 44.8 Å². The van der Waals surface area contributed by atoms with Gasteiger partial charge in [-0.2, -0.15) is 0 Å². The van der Waals surface area contributed by atoms with Crippen LogP contribution in [-0.4, -0.2) is 36.4 Å². The Bertz CT molecular complexity index is 751. The summed E-state index contributed by atoms with van der Waals surface area (Å²) in [6, 6.07) is 8.33. The van der Waals surface area contributed by atoms with Gasteiger partial charge >= 0.3 is 0 Å². The van der Waals surface area contributed by atoms with Crippen LogP contribution in [0.4, 0.5) is 0 Å². The summed E-state index contributed by atoms with van der Waals surface area (Å²) in [7, 11) is 0. The number of rotatable bonds is 4. The first kappa shape index (κ1) is 16.6. The van der Waals surface area contributed by atoms with Gasteiger partial charge in [-0.15, -0.1) is 0 Å². The molecule has 1 aliphatic heterocycles. The Hall–Kier alpha value is -1.85. The Labute approximate surface area is 148 Å². The van der Waals surface area contributed by atoms with Crippen LogP contribution in [0.25, 0.3) is 10.9 Å². The Morgan fingerprint density at radius 3 is 2.72 bits per heavy atom. The molecule has 1 saturated heterocycles. The molecule has 4 rings (SSSR count). The SMILES string of the molecule is Cc1[nH]c2ccccc2c1CCNC(=O)C1CCC2(CC1)OCCO2. The number of ether oxygens (including phenoxy) is 2. The van der Waals surface area contributed by atoms with Crippen LogP contribution < -0.4 is 5.32 Å². The van der Waals surface area contributed by atoms with Crippen LogP contribution in [0.5, 0.6) is 0 Å². The molecule has 0 bridgehead atoms. The number of amides is 1. The van der Waals surface area contributed by atoms with E-state index in [-0.39, 0.29) is 11.8 Å². The zero-order chi connectivity index (χ0) is 17.3. The van der Waals surface area contributed by atoms with Crippen molar-refractivity contribution in [1.29, 1.82) is 0 Å². The molecule has 0 radical (unpaired) electrons. The minimum absolute atomic E-state index is 0.0856. The van der Waals surface area contributed by atoms with Gasteiger partial charge in [-0.3, -0.25) is 4.79 Å². The zero-order valence-electron chi connectivity index (χ0n) is 14.8. The summed E-state index contributed by atoms with van der Waals surface area (Å²) in [6.45, 7) is 4.14. The lowest BCUT2D eigenvalue weighted by atomic mass is 9.84. The van der Waals surface area contributed by atoms with E-state index in [0.29, 0.717) is 19.8 Å². The van der Waals surface area contributed by atoms with Gasteiger partial charge in [0.1, 0.15) is 0 Å². The lowest BCUT2D eigenvalue weighted by Gasteiger charge is -2.34. The molecule has 5 nitrogen and oxygen atoms in total. The van der Waals surface area contributed by atoms with Gasteiger partial charge in [-0.1, -0.05) is 18.2 Å². The molecule has 0 unspecified atom stereocenters. The highest BCUT2D eigenvalue weighted by Crippen LogP contribution is 2.38. The van der Waals surface area contributed by atoms with E-state index in [2.05, 4.69) is 35.4 Å². The first-order valence-electron chi connectivity index (χ1n) is 9.29. The first-order valence-corrected chi connectivity index (χ1v) is 9.29. The second-order valence-corrected chi connectivity index (χ2v) is 7.20. The third-order valence-corrected chi connectivity index (χ3v) is 5.63. The second kappa shape index (κ2) is 6.81. The van der Waals surface area contributed by atoms with Crippen molar-refractivity contribution in [3.8, 4) is 0 Å². The maximum absolute atomic E-state index is 12.5. The van der Waals surface area contributed by atoms with Crippen LogP contribution in [0.15, 0.2) is 24.3 Å². The quantitative estimate of drug-likeness (QED) is 0.897. The number of hydrogen-bond donors (Lipinski definition) is 2. The van der Waals surface area contributed by atoms with Crippen LogP contribution in [-0.2, 0) is 20.7 Å². The molecule has 2 N–H and O–H groups in total. The van der Waals surface area contributed by atoms with E-state index >= 15 is 0 Å². The molecule has 2 aromatic rings. The molecule has 2 aliphatic rings. The molecule has 1 aliphatic carbocycles. The fraction of sp³-hybridized carbons (Fsp3) is 0.550. The average Bonchev–Trinajstić information content (AvgIpc) is 3.20. The van der Waals surface area contributed by atoms with Crippen LogP contribution in [0.2, 0.25) is 0 Å². The molecule has 1 spiro atoms. The van der Waals surface area contributed by atoms with Gasteiger partial charge in [-0.25, -0.2) is 0 Å². The normalized spacial score (nSPS) is 20.4. The summed E-state index contributed by atoms with van der Waals surface area (Å²) in [6.07, 6.45) is 4.19. The van der Waals surface area contributed by atoms with Crippen LogP contribution in [0, 0.1) is 12.8 Å². The highest BCUT2D eigenvalue weighted by atomic mass is 16.7. The largest absolute Gasteiger partial charge is 0.358 e. The highest BCUT2D eigenvalue weighted by molar-refractivity contribution is 5.84. The molecule has 2 fully saturated rings. The van der Waals surface area contributed by atoms with E-state index in [9.17, 15) is 4.79 Å². The molecular formula is C20H26N2O3. The third-order valence-electron chi connectivity index (χ3n) is 5.63. The third kappa shape index (κ3) is 3.31. The van der Waals surface area contributed by atoms with E-state index in [1.807, 2.05) is 6.07 Å². The van der Waals surface area contributed by atoms with E-state index < -0.39 is 5.79 Å². The first-order chi connectivity index (χ1) is 12.2. The molecule has 134 valence electrons. The number of aromatic nitrogens is 1. The Kier molecular flexibility index (Phi) is 4.52. The van der Waals surface area contributed by atoms with Crippen LogP contribution in [0.3, 0.4) is 0 Å². The number of hydrogen-bond acceptors (Lipinski definition) is 3. The van der Waals surface area contributed by atoms with Crippen molar-refractivity contribution in [3.05, 3.63) is 35.5 Å². The predicted molar refractivity (Wildman–Crippen MR) is 96.3 cm³/mol. The zero-order valence-corrected chi connectivity index (χ0v) is 14.8. The summed E-state index contributed by atoms with van der Waals surface area (Å²) in [5, 5.41) is 4.38. The van der Waals surface area contributed by atoms with Gasteiger partial charge < -0.3 is 19.8 Å². The maximum Gasteiger partial charge on any atom is 0.223 e. The number of fused-ring (bicyclic) bond motifs is 1. The molecular weight excluding hydrogens is 316 g/mol. The van der Waals surface area contributed by atoms with Gasteiger partial charge in [0.25, 0.3) is 0 Å². The summed E-state index contributed by atoms with van der Waals surface area (Å²) < 4.78 is 11.5. The van der Waals surface area contributed by atoms with E-state index in [1.165, 1.54) is 16.6 Å². The van der Waals surface area contributed by atoms with Crippen molar-refractivity contribution >= 4 is 16.8 Å². The van der Waals surface area contributed by atoms with Gasteiger partial charge in [0, 0.05) is 41.9 Å². The van der Waals surface area contributed by atoms with Gasteiger partial charge in [-0.05, 0) is 37.8 Å². The number of benzene rings is 1. The fourth-order valence-corrected chi connectivity index (χ4v) is 4.22. The number of nitrogens with one attached hydrogen (secondary N) is 2. The number of aryl methyl sites for hydroxylation is 1. The van der Waals surface area contributed by atoms with Crippen molar-refractivity contribution < 1.29 is 14.3 Å². The Morgan fingerprint density at radius 2 is 1.96 bits per heavy atom. The molecule has 1 saturated carbocycles. The van der Waals surface area contributed by atoms with Crippen LogP contribution >= 0.6 is 0 Å². The second-order valence-electron chi connectivity index (χ2n) is 7.20. The summed E-state index contributed by atoms with van der Waals surface area (Å²) in [5.74, 6) is -0.134. The molecule has 2 heterocycles. The van der Waals surface area contributed by atoms with E-state index in [4.69, 9.17) is 9.47 Å². The van der Waals surface area contributed by atoms with Crippen molar-refractivity contribution in [2.24, 2.45) is 5.92 Å². The standard InChI is InChI=1S/C20H26N2O3/c1-14-16(17-4-2-3-5-18(17)22-14)8-11-21-19(23)15-6-9-20(10-7-15)24-12-13-25-20/h2-5,15,22H,6-13H2,1H3,(H,21,23). The maximum atomic E-state index is 12.5. The topological polar surface area (TPSA) is 63.4 Å². The Morgan fingerprint density at radius 1 is 1.24 bits per heavy atom. The van der Waals surface area contributed by atoms with Crippen molar-refractivity contribution in [2.75, 3.05) is 19.8 Å². The number of aromatic amines is 1. The van der Waals surface area contributed by atoms with Crippen LogP contribution in [0.1, 0.15) is 36.9 Å². The number of carbonyl (C=O) groups is 1. The predicted octanol–water partition coefficient (Wildman–Crippen LogP) is 3.07.